The van der Waals surface area contributed by atoms with E-state index in [2.05, 4.69) is 0 Å². The molecule has 1 rings (SSSR count). The van der Waals surface area contributed by atoms with E-state index < -0.39 is 12.4 Å². The second-order valence-electron chi connectivity index (χ2n) is 2.76. The zero-order chi connectivity index (χ0) is 8.27. The Morgan fingerprint density at radius 2 is 2.18 bits per heavy atom. The third-order valence-electron chi connectivity index (χ3n) is 1.93. The SMILES string of the molecule is O=C(O)N1CCCCCC1F. The Labute approximate surface area is 64.8 Å². The predicted molar refractivity (Wildman–Crippen MR) is 38.1 cm³/mol. The molecule has 0 aliphatic carbocycles. The van der Waals surface area contributed by atoms with Gasteiger partial charge in [-0.3, -0.25) is 4.90 Å². The number of halogens is 1. The molecule has 4 heteroatoms. The van der Waals surface area contributed by atoms with Gasteiger partial charge in [-0.25, -0.2) is 9.18 Å². The van der Waals surface area contributed by atoms with Crippen LogP contribution in [-0.2, 0) is 0 Å². The molecular formula is C7H12FNO2. The number of amides is 1. The first-order chi connectivity index (χ1) is 5.22. The summed E-state index contributed by atoms with van der Waals surface area (Å²) in [6.07, 6.45) is 0.447. The van der Waals surface area contributed by atoms with Gasteiger partial charge in [0.15, 0.2) is 6.30 Å². The van der Waals surface area contributed by atoms with Gasteiger partial charge < -0.3 is 5.11 Å². The van der Waals surface area contributed by atoms with Crippen LogP contribution in [0.4, 0.5) is 9.18 Å². The average molecular weight is 161 g/mol. The molecule has 1 atom stereocenters. The van der Waals surface area contributed by atoms with E-state index in [0.29, 0.717) is 13.0 Å². The summed E-state index contributed by atoms with van der Waals surface area (Å²) in [6.45, 7) is 0.344. The van der Waals surface area contributed by atoms with Crippen molar-refractivity contribution < 1.29 is 14.3 Å². The molecule has 1 unspecified atom stereocenters. The standard InChI is InChI=1S/C7H12FNO2/c8-6-4-2-1-3-5-9(6)7(10)11/h6H,1-5H2,(H,10,11). The minimum absolute atomic E-state index is 0.344. The number of hydrogen-bond acceptors (Lipinski definition) is 1. The summed E-state index contributed by atoms with van der Waals surface area (Å²) in [4.78, 5) is 11.3. The van der Waals surface area contributed by atoms with Crippen LogP contribution >= 0.6 is 0 Å². The maximum absolute atomic E-state index is 12.9. The van der Waals surface area contributed by atoms with E-state index >= 15 is 0 Å². The molecule has 1 aliphatic rings. The van der Waals surface area contributed by atoms with E-state index in [1.807, 2.05) is 0 Å². The van der Waals surface area contributed by atoms with E-state index in [0.717, 1.165) is 24.2 Å². The van der Waals surface area contributed by atoms with Crippen molar-refractivity contribution in [3.05, 3.63) is 0 Å². The molecule has 0 bridgehead atoms. The number of rotatable bonds is 0. The lowest BCUT2D eigenvalue weighted by molar-refractivity contribution is 0.0734. The quantitative estimate of drug-likeness (QED) is 0.550. The first-order valence-corrected chi connectivity index (χ1v) is 3.85. The highest BCUT2D eigenvalue weighted by Gasteiger charge is 2.23. The van der Waals surface area contributed by atoms with Gasteiger partial charge in [-0.15, -0.1) is 0 Å². The van der Waals surface area contributed by atoms with Crippen molar-refractivity contribution in [2.75, 3.05) is 6.54 Å². The van der Waals surface area contributed by atoms with Crippen molar-refractivity contribution in [1.29, 1.82) is 0 Å². The minimum Gasteiger partial charge on any atom is -0.465 e. The van der Waals surface area contributed by atoms with Gasteiger partial charge in [-0.05, 0) is 19.3 Å². The van der Waals surface area contributed by atoms with Crippen molar-refractivity contribution in [3.8, 4) is 0 Å². The third-order valence-corrected chi connectivity index (χ3v) is 1.93. The van der Waals surface area contributed by atoms with Gasteiger partial charge in [0.05, 0.1) is 0 Å². The van der Waals surface area contributed by atoms with E-state index in [1.54, 1.807) is 0 Å². The molecule has 1 amide bonds. The average Bonchev–Trinajstić information content (AvgIpc) is 2.13. The maximum atomic E-state index is 12.9. The van der Waals surface area contributed by atoms with Gasteiger partial charge in [-0.1, -0.05) is 6.42 Å². The van der Waals surface area contributed by atoms with E-state index in [-0.39, 0.29) is 0 Å². The Bertz CT molecular complexity index is 151. The molecule has 64 valence electrons. The topological polar surface area (TPSA) is 40.5 Å². The molecule has 1 heterocycles. The van der Waals surface area contributed by atoms with E-state index in [4.69, 9.17) is 5.11 Å². The molecule has 0 spiro atoms. The molecule has 11 heavy (non-hydrogen) atoms. The summed E-state index contributed by atoms with van der Waals surface area (Å²) >= 11 is 0. The molecule has 1 aliphatic heterocycles. The Morgan fingerprint density at radius 3 is 2.82 bits per heavy atom. The van der Waals surface area contributed by atoms with Crippen molar-refractivity contribution in [1.82, 2.24) is 4.90 Å². The molecule has 3 nitrogen and oxygen atoms in total. The Kier molecular flexibility index (Phi) is 2.68. The van der Waals surface area contributed by atoms with Gasteiger partial charge in [0, 0.05) is 6.54 Å². The van der Waals surface area contributed by atoms with Crippen molar-refractivity contribution in [2.45, 2.75) is 32.0 Å². The maximum Gasteiger partial charge on any atom is 0.409 e. The van der Waals surface area contributed by atoms with Crippen molar-refractivity contribution in [2.24, 2.45) is 0 Å². The number of nitrogens with zero attached hydrogens (tertiary/aromatic N) is 1. The van der Waals surface area contributed by atoms with Crippen LogP contribution in [0.3, 0.4) is 0 Å². The molecule has 0 aromatic carbocycles. The zero-order valence-electron chi connectivity index (χ0n) is 6.29. The van der Waals surface area contributed by atoms with Crippen LogP contribution in [0.2, 0.25) is 0 Å². The fraction of sp³-hybridized carbons (Fsp3) is 0.857. The lowest BCUT2D eigenvalue weighted by Gasteiger charge is -2.19. The third kappa shape index (κ3) is 2.06. The lowest BCUT2D eigenvalue weighted by Crippen LogP contribution is -2.36. The van der Waals surface area contributed by atoms with Crippen LogP contribution in [0.25, 0.3) is 0 Å². The summed E-state index contributed by atoms with van der Waals surface area (Å²) in [5, 5.41) is 8.52. The number of carbonyl (C=O) groups is 1. The predicted octanol–water partition coefficient (Wildman–Crippen LogP) is 1.84. The Hall–Kier alpha value is -0.800. The normalized spacial score (nSPS) is 26.3. The highest BCUT2D eigenvalue weighted by Crippen LogP contribution is 2.17. The minimum atomic E-state index is -1.28. The zero-order valence-corrected chi connectivity index (χ0v) is 6.29. The number of alkyl halides is 1. The van der Waals surface area contributed by atoms with E-state index in [1.165, 1.54) is 0 Å². The second-order valence-corrected chi connectivity index (χ2v) is 2.76. The van der Waals surface area contributed by atoms with Crippen LogP contribution in [0, 0.1) is 0 Å². The summed E-state index contributed by atoms with van der Waals surface area (Å²) < 4.78 is 12.9. The molecule has 0 saturated carbocycles. The van der Waals surface area contributed by atoms with Crippen LogP contribution in [0.15, 0.2) is 0 Å². The van der Waals surface area contributed by atoms with Gasteiger partial charge in [0.25, 0.3) is 0 Å². The highest BCUT2D eigenvalue weighted by atomic mass is 19.1. The van der Waals surface area contributed by atoms with Crippen molar-refractivity contribution in [3.63, 3.8) is 0 Å². The van der Waals surface area contributed by atoms with Crippen molar-refractivity contribution >= 4 is 6.09 Å². The van der Waals surface area contributed by atoms with Crippen LogP contribution in [0.5, 0.6) is 0 Å². The second kappa shape index (κ2) is 3.55. The van der Waals surface area contributed by atoms with Gasteiger partial charge >= 0.3 is 6.09 Å². The number of likely N-dealkylation sites (tertiary alicyclic amines) is 1. The highest BCUT2D eigenvalue weighted by molar-refractivity contribution is 5.65. The van der Waals surface area contributed by atoms with Crippen LogP contribution in [-0.4, -0.2) is 28.9 Å². The summed E-state index contributed by atoms with van der Waals surface area (Å²) in [5.41, 5.74) is 0. The molecule has 0 aromatic heterocycles. The fourth-order valence-corrected chi connectivity index (χ4v) is 1.28. The Morgan fingerprint density at radius 1 is 1.45 bits per heavy atom. The number of hydrogen-bond donors (Lipinski definition) is 1. The van der Waals surface area contributed by atoms with Gasteiger partial charge in [-0.2, -0.15) is 0 Å². The smallest absolute Gasteiger partial charge is 0.409 e. The monoisotopic (exact) mass is 161 g/mol. The van der Waals surface area contributed by atoms with Crippen LogP contribution in [0.1, 0.15) is 25.7 Å². The molecule has 1 fully saturated rings. The molecule has 1 saturated heterocycles. The first-order valence-electron chi connectivity index (χ1n) is 3.85. The fourth-order valence-electron chi connectivity index (χ4n) is 1.28. The molecule has 0 radical (unpaired) electrons. The summed E-state index contributed by atoms with van der Waals surface area (Å²) in [5.74, 6) is 0. The molecule has 1 N–H and O–H groups in total. The summed E-state index contributed by atoms with van der Waals surface area (Å²) in [6, 6.07) is 0. The van der Waals surface area contributed by atoms with Gasteiger partial charge in [0.2, 0.25) is 0 Å². The van der Waals surface area contributed by atoms with Gasteiger partial charge in [0.1, 0.15) is 0 Å². The molecule has 0 aromatic rings. The Balaban J connectivity index is 2.52. The van der Waals surface area contributed by atoms with Crippen LogP contribution < -0.4 is 0 Å². The largest absolute Gasteiger partial charge is 0.465 e. The van der Waals surface area contributed by atoms with E-state index in [9.17, 15) is 9.18 Å². The lowest BCUT2D eigenvalue weighted by atomic mass is 10.2. The molecular weight excluding hydrogens is 149 g/mol. The number of carboxylic acid groups (broad SMARTS) is 1. The summed E-state index contributed by atoms with van der Waals surface area (Å²) in [7, 11) is 0. The first kappa shape index (κ1) is 8.30.